The number of nitrogens with zero attached hydrogens (tertiary/aromatic N) is 1. The fourth-order valence-electron chi connectivity index (χ4n) is 2.49. The summed E-state index contributed by atoms with van der Waals surface area (Å²) in [5.74, 6) is -0.163. The van der Waals surface area contributed by atoms with Crippen molar-refractivity contribution in [2.24, 2.45) is 0 Å². The highest BCUT2D eigenvalue weighted by Crippen LogP contribution is 2.31. The minimum atomic E-state index is -0.163. The number of para-hydroxylation sites is 1. The molecule has 0 radical (unpaired) electrons. The lowest BCUT2D eigenvalue weighted by atomic mass is 10.1. The SMILES string of the molecule is CCN(c1ccccc1C)c1cccc(F)c1CNC. The molecular weight excluding hydrogens is 251 g/mol. The first-order chi connectivity index (χ1) is 9.69. The molecule has 3 heteroatoms. The zero-order valence-corrected chi connectivity index (χ0v) is 12.3. The third-order valence-electron chi connectivity index (χ3n) is 3.46. The number of halogens is 1. The van der Waals surface area contributed by atoms with E-state index in [1.54, 1.807) is 6.07 Å². The van der Waals surface area contributed by atoms with Crippen molar-refractivity contribution in [3.8, 4) is 0 Å². The predicted octanol–water partition coefficient (Wildman–Crippen LogP) is 4.01. The molecule has 0 fully saturated rings. The van der Waals surface area contributed by atoms with Crippen molar-refractivity contribution in [3.05, 3.63) is 59.4 Å². The summed E-state index contributed by atoms with van der Waals surface area (Å²) < 4.78 is 14.1. The van der Waals surface area contributed by atoms with Crippen LogP contribution in [0, 0.1) is 12.7 Å². The molecule has 106 valence electrons. The van der Waals surface area contributed by atoms with E-state index in [0.717, 1.165) is 17.9 Å². The van der Waals surface area contributed by atoms with E-state index in [9.17, 15) is 4.39 Å². The lowest BCUT2D eigenvalue weighted by molar-refractivity contribution is 0.600. The van der Waals surface area contributed by atoms with Gasteiger partial charge in [-0.3, -0.25) is 0 Å². The van der Waals surface area contributed by atoms with Gasteiger partial charge in [0.15, 0.2) is 0 Å². The van der Waals surface area contributed by atoms with Crippen LogP contribution in [-0.2, 0) is 6.54 Å². The van der Waals surface area contributed by atoms with Gasteiger partial charge in [0.25, 0.3) is 0 Å². The maximum atomic E-state index is 14.1. The minimum absolute atomic E-state index is 0.163. The van der Waals surface area contributed by atoms with Crippen LogP contribution in [0.15, 0.2) is 42.5 Å². The molecule has 0 aliphatic rings. The Labute approximate surface area is 120 Å². The monoisotopic (exact) mass is 272 g/mol. The Kier molecular flexibility index (Phi) is 4.74. The van der Waals surface area contributed by atoms with Crippen molar-refractivity contribution < 1.29 is 4.39 Å². The van der Waals surface area contributed by atoms with Crippen molar-refractivity contribution in [3.63, 3.8) is 0 Å². The molecule has 0 bridgehead atoms. The van der Waals surface area contributed by atoms with Gasteiger partial charge in [0, 0.05) is 30.0 Å². The highest BCUT2D eigenvalue weighted by molar-refractivity contribution is 5.69. The van der Waals surface area contributed by atoms with Gasteiger partial charge in [-0.15, -0.1) is 0 Å². The van der Waals surface area contributed by atoms with Crippen LogP contribution >= 0.6 is 0 Å². The largest absolute Gasteiger partial charge is 0.341 e. The number of rotatable bonds is 5. The first-order valence-electron chi connectivity index (χ1n) is 6.94. The van der Waals surface area contributed by atoms with Crippen LogP contribution in [0.2, 0.25) is 0 Å². The van der Waals surface area contributed by atoms with Crippen LogP contribution in [0.25, 0.3) is 0 Å². The molecule has 0 heterocycles. The molecule has 2 aromatic rings. The molecule has 2 aromatic carbocycles. The van der Waals surface area contributed by atoms with Crippen molar-refractivity contribution >= 4 is 11.4 Å². The second kappa shape index (κ2) is 6.53. The second-order valence-corrected chi connectivity index (χ2v) is 4.80. The van der Waals surface area contributed by atoms with Crippen LogP contribution in [-0.4, -0.2) is 13.6 Å². The van der Waals surface area contributed by atoms with Gasteiger partial charge in [-0.25, -0.2) is 4.39 Å². The molecule has 0 saturated heterocycles. The smallest absolute Gasteiger partial charge is 0.129 e. The molecule has 2 nitrogen and oxygen atoms in total. The Bertz CT molecular complexity index is 581. The maximum Gasteiger partial charge on any atom is 0.129 e. The lowest BCUT2D eigenvalue weighted by Gasteiger charge is -2.27. The summed E-state index contributed by atoms with van der Waals surface area (Å²) in [4.78, 5) is 2.16. The molecule has 20 heavy (non-hydrogen) atoms. The summed E-state index contributed by atoms with van der Waals surface area (Å²) in [6, 6.07) is 13.5. The minimum Gasteiger partial charge on any atom is -0.341 e. The molecule has 0 spiro atoms. The Morgan fingerprint density at radius 2 is 1.75 bits per heavy atom. The summed E-state index contributed by atoms with van der Waals surface area (Å²) in [6.07, 6.45) is 0. The van der Waals surface area contributed by atoms with Gasteiger partial charge in [-0.1, -0.05) is 24.3 Å². The van der Waals surface area contributed by atoms with E-state index in [1.165, 1.54) is 11.6 Å². The molecule has 1 N–H and O–H groups in total. The average Bonchev–Trinajstić information content (AvgIpc) is 2.45. The first kappa shape index (κ1) is 14.5. The molecule has 0 aromatic heterocycles. The standard InChI is InChI=1S/C17H21FN2/c1-4-20(16-10-6-5-8-13(16)2)17-11-7-9-15(18)14(17)12-19-3/h5-11,19H,4,12H2,1-3H3. The van der Waals surface area contributed by atoms with Gasteiger partial charge >= 0.3 is 0 Å². The highest BCUT2D eigenvalue weighted by Gasteiger charge is 2.15. The molecule has 0 atom stereocenters. The maximum absolute atomic E-state index is 14.1. The molecule has 2 rings (SSSR count). The number of nitrogens with one attached hydrogen (secondary N) is 1. The van der Waals surface area contributed by atoms with Crippen molar-refractivity contribution in [1.29, 1.82) is 0 Å². The van der Waals surface area contributed by atoms with Gasteiger partial charge in [-0.05, 0) is 44.7 Å². The van der Waals surface area contributed by atoms with Crippen molar-refractivity contribution in [1.82, 2.24) is 5.32 Å². The molecular formula is C17H21FN2. The Balaban J connectivity index is 2.53. The zero-order chi connectivity index (χ0) is 14.5. The Morgan fingerprint density at radius 3 is 2.40 bits per heavy atom. The van der Waals surface area contributed by atoms with E-state index < -0.39 is 0 Å². The van der Waals surface area contributed by atoms with Crippen LogP contribution in [0.3, 0.4) is 0 Å². The third-order valence-corrected chi connectivity index (χ3v) is 3.46. The van der Waals surface area contributed by atoms with Crippen LogP contribution in [0.4, 0.5) is 15.8 Å². The fourth-order valence-corrected chi connectivity index (χ4v) is 2.49. The van der Waals surface area contributed by atoms with Crippen LogP contribution < -0.4 is 10.2 Å². The van der Waals surface area contributed by atoms with E-state index in [-0.39, 0.29) is 5.82 Å². The normalized spacial score (nSPS) is 10.6. The van der Waals surface area contributed by atoms with Gasteiger partial charge in [0.2, 0.25) is 0 Å². The van der Waals surface area contributed by atoms with Gasteiger partial charge in [0.1, 0.15) is 5.82 Å². The van der Waals surface area contributed by atoms with Gasteiger partial charge < -0.3 is 10.2 Å². The quantitative estimate of drug-likeness (QED) is 0.884. The van der Waals surface area contributed by atoms with Crippen LogP contribution in [0.5, 0.6) is 0 Å². The van der Waals surface area contributed by atoms with Crippen molar-refractivity contribution in [2.75, 3.05) is 18.5 Å². The Hall–Kier alpha value is -1.87. The van der Waals surface area contributed by atoms with E-state index in [4.69, 9.17) is 0 Å². The first-order valence-corrected chi connectivity index (χ1v) is 6.94. The summed E-state index contributed by atoms with van der Waals surface area (Å²) >= 11 is 0. The summed E-state index contributed by atoms with van der Waals surface area (Å²) in [5.41, 5.74) is 3.95. The third kappa shape index (κ3) is 2.83. The average molecular weight is 272 g/mol. The van der Waals surface area contributed by atoms with Crippen LogP contribution in [0.1, 0.15) is 18.1 Å². The predicted molar refractivity (Wildman–Crippen MR) is 83.0 cm³/mol. The summed E-state index contributed by atoms with van der Waals surface area (Å²) in [5, 5.41) is 3.04. The Morgan fingerprint density at radius 1 is 1.05 bits per heavy atom. The van der Waals surface area contributed by atoms with Crippen molar-refractivity contribution in [2.45, 2.75) is 20.4 Å². The summed E-state index contributed by atoms with van der Waals surface area (Å²) in [7, 11) is 1.83. The van der Waals surface area contributed by atoms with E-state index >= 15 is 0 Å². The lowest BCUT2D eigenvalue weighted by Crippen LogP contribution is -2.21. The van der Waals surface area contributed by atoms with E-state index in [2.05, 4.69) is 36.2 Å². The molecule has 0 aliphatic heterocycles. The van der Waals surface area contributed by atoms with Gasteiger partial charge in [0.05, 0.1) is 0 Å². The molecule has 0 unspecified atom stereocenters. The number of anilines is 2. The number of hydrogen-bond acceptors (Lipinski definition) is 2. The molecule has 0 aliphatic carbocycles. The summed E-state index contributed by atoms with van der Waals surface area (Å²) in [6.45, 7) is 5.48. The number of hydrogen-bond donors (Lipinski definition) is 1. The highest BCUT2D eigenvalue weighted by atomic mass is 19.1. The number of aryl methyl sites for hydroxylation is 1. The topological polar surface area (TPSA) is 15.3 Å². The zero-order valence-electron chi connectivity index (χ0n) is 12.3. The van der Waals surface area contributed by atoms with Gasteiger partial charge in [-0.2, -0.15) is 0 Å². The number of benzene rings is 2. The fraction of sp³-hybridized carbons (Fsp3) is 0.294. The second-order valence-electron chi connectivity index (χ2n) is 4.80. The molecule has 0 amide bonds. The molecule has 0 saturated carbocycles. The van der Waals surface area contributed by atoms with E-state index in [0.29, 0.717) is 12.1 Å². The van der Waals surface area contributed by atoms with E-state index in [1.807, 2.05) is 25.2 Å².